The van der Waals surface area contributed by atoms with Crippen LogP contribution >= 0.6 is 0 Å². The number of hydrogen-bond acceptors (Lipinski definition) is 2. The molecule has 1 amide bonds. The standard InChI is InChI=1S/C22H25NO2.C13H10/c1-21(2,3)25-20(24)23-14-12-22(13-15-23)18-10-6-4-8-16(18)17-9-5-7-11-19(17)22;1-3-7-12-10(5-1)9-11-6-2-4-8-13(11)12/h4-11H,12-15H2,1-3H3;1-8H,9H2. The monoisotopic (exact) mass is 501 g/mol. The molecule has 38 heavy (non-hydrogen) atoms. The van der Waals surface area contributed by atoms with Crippen LogP contribution in [0.2, 0.25) is 0 Å². The Morgan fingerprint density at radius 2 is 1.08 bits per heavy atom. The SMILES string of the molecule is CC(C)(C)OC(=O)N1CCC2(CC1)c1ccccc1-c1ccccc12.c1ccc2c(c1)Cc1ccccc1-2. The maximum Gasteiger partial charge on any atom is 0.410 e. The van der Waals surface area contributed by atoms with Gasteiger partial charge in [-0.1, -0.05) is 97.1 Å². The summed E-state index contributed by atoms with van der Waals surface area (Å²) in [5.41, 5.74) is 10.9. The summed E-state index contributed by atoms with van der Waals surface area (Å²) >= 11 is 0. The van der Waals surface area contributed by atoms with Crippen LogP contribution in [0.25, 0.3) is 22.3 Å². The van der Waals surface area contributed by atoms with Gasteiger partial charge in [-0.3, -0.25) is 0 Å². The molecule has 1 spiro atoms. The van der Waals surface area contributed by atoms with E-state index in [0.29, 0.717) is 0 Å². The molecule has 0 atom stereocenters. The average Bonchev–Trinajstić information content (AvgIpc) is 3.43. The van der Waals surface area contributed by atoms with Crippen molar-refractivity contribution < 1.29 is 9.53 Å². The minimum absolute atomic E-state index is 0.0334. The normalized spacial score (nSPS) is 16.0. The quantitative estimate of drug-likeness (QED) is 0.214. The van der Waals surface area contributed by atoms with Crippen molar-refractivity contribution in [1.82, 2.24) is 4.90 Å². The second-order valence-electron chi connectivity index (χ2n) is 11.6. The Balaban J connectivity index is 0.000000169. The lowest BCUT2D eigenvalue weighted by molar-refractivity contribution is 0.0181. The van der Waals surface area contributed by atoms with E-state index in [2.05, 4.69) is 97.1 Å². The molecule has 3 aliphatic rings. The van der Waals surface area contributed by atoms with E-state index in [0.717, 1.165) is 32.4 Å². The number of fused-ring (bicyclic) bond motifs is 8. The molecule has 0 aromatic heterocycles. The Hall–Kier alpha value is -3.85. The Bertz CT molecular complexity index is 1400. The van der Waals surface area contributed by atoms with Gasteiger partial charge in [0.05, 0.1) is 0 Å². The van der Waals surface area contributed by atoms with Crippen molar-refractivity contribution in [3.63, 3.8) is 0 Å². The van der Waals surface area contributed by atoms with Crippen molar-refractivity contribution in [3.05, 3.63) is 119 Å². The predicted molar refractivity (Wildman–Crippen MR) is 154 cm³/mol. The lowest BCUT2D eigenvalue weighted by atomic mass is 9.71. The van der Waals surface area contributed by atoms with Crippen LogP contribution in [0.1, 0.15) is 55.9 Å². The van der Waals surface area contributed by atoms with Gasteiger partial charge < -0.3 is 9.64 Å². The fourth-order valence-corrected chi connectivity index (χ4v) is 6.43. The van der Waals surface area contributed by atoms with E-state index in [1.165, 1.54) is 44.5 Å². The van der Waals surface area contributed by atoms with Crippen molar-refractivity contribution in [2.45, 2.75) is 51.0 Å². The molecule has 1 saturated heterocycles. The van der Waals surface area contributed by atoms with E-state index in [1.807, 2.05) is 25.7 Å². The lowest BCUT2D eigenvalue weighted by Gasteiger charge is -2.41. The van der Waals surface area contributed by atoms with Gasteiger partial charge in [0.1, 0.15) is 5.60 Å². The smallest absolute Gasteiger partial charge is 0.410 e. The number of hydrogen-bond donors (Lipinski definition) is 0. The molecule has 192 valence electrons. The highest BCUT2D eigenvalue weighted by Crippen LogP contribution is 2.53. The van der Waals surface area contributed by atoms with Gasteiger partial charge in [-0.25, -0.2) is 4.79 Å². The van der Waals surface area contributed by atoms with Gasteiger partial charge in [-0.2, -0.15) is 0 Å². The molecule has 3 nitrogen and oxygen atoms in total. The van der Waals surface area contributed by atoms with Gasteiger partial charge in [0.2, 0.25) is 0 Å². The van der Waals surface area contributed by atoms with Gasteiger partial charge in [-0.15, -0.1) is 0 Å². The molecule has 0 radical (unpaired) electrons. The van der Waals surface area contributed by atoms with Crippen LogP contribution in [0.4, 0.5) is 4.79 Å². The summed E-state index contributed by atoms with van der Waals surface area (Å²) in [5.74, 6) is 0. The second-order valence-corrected chi connectivity index (χ2v) is 11.6. The molecule has 2 aliphatic carbocycles. The molecular weight excluding hydrogens is 466 g/mol. The number of carbonyl (C=O) groups is 1. The highest BCUT2D eigenvalue weighted by Gasteiger charge is 2.45. The predicted octanol–water partition coefficient (Wildman–Crippen LogP) is 8.24. The third kappa shape index (κ3) is 4.30. The Morgan fingerprint density at radius 3 is 1.55 bits per heavy atom. The first kappa shape index (κ1) is 24.5. The first-order valence-electron chi connectivity index (χ1n) is 13.7. The van der Waals surface area contributed by atoms with Crippen LogP contribution in [0.5, 0.6) is 0 Å². The molecule has 0 N–H and O–H groups in total. The number of rotatable bonds is 0. The molecule has 0 bridgehead atoms. The summed E-state index contributed by atoms with van der Waals surface area (Å²) in [6, 6.07) is 34.8. The van der Waals surface area contributed by atoms with Crippen LogP contribution in [0.3, 0.4) is 0 Å². The number of carbonyl (C=O) groups excluding carboxylic acids is 1. The van der Waals surface area contributed by atoms with Crippen molar-refractivity contribution in [2.75, 3.05) is 13.1 Å². The van der Waals surface area contributed by atoms with Crippen molar-refractivity contribution in [3.8, 4) is 22.3 Å². The fourth-order valence-electron chi connectivity index (χ4n) is 6.43. The van der Waals surface area contributed by atoms with Crippen LogP contribution in [0.15, 0.2) is 97.1 Å². The summed E-state index contributed by atoms with van der Waals surface area (Å²) in [6.45, 7) is 7.22. The number of benzene rings is 4. The zero-order valence-electron chi connectivity index (χ0n) is 22.5. The Morgan fingerprint density at radius 1 is 0.658 bits per heavy atom. The van der Waals surface area contributed by atoms with E-state index in [4.69, 9.17) is 4.74 Å². The number of nitrogens with zero attached hydrogens (tertiary/aromatic N) is 1. The van der Waals surface area contributed by atoms with Gasteiger partial charge in [0, 0.05) is 18.5 Å². The van der Waals surface area contributed by atoms with Crippen LogP contribution in [0, 0.1) is 0 Å². The van der Waals surface area contributed by atoms with Gasteiger partial charge in [0.25, 0.3) is 0 Å². The zero-order chi connectivity index (χ0) is 26.3. The fraction of sp³-hybridized carbons (Fsp3) is 0.286. The minimum atomic E-state index is -0.446. The van der Waals surface area contributed by atoms with E-state index in [9.17, 15) is 4.79 Å². The summed E-state index contributed by atoms with van der Waals surface area (Å²) in [7, 11) is 0. The van der Waals surface area contributed by atoms with Gasteiger partial charge in [0.15, 0.2) is 0 Å². The van der Waals surface area contributed by atoms with Gasteiger partial charge in [-0.05, 0) is 84.5 Å². The maximum absolute atomic E-state index is 12.4. The highest BCUT2D eigenvalue weighted by atomic mass is 16.6. The second kappa shape index (κ2) is 9.47. The molecule has 7 rings (SSSR count). The van der Waals surface area contributed by atoms with E-state index >= 15 is 0 Å². The lowest BCUT2D eigenvalue weighted by Crippen LogP contribution is -2.46. The topological polar surface area (TPSA) is 29.5 Å². The molecule has 1 fully saturated rings. The Labute approximate surface area is 226 Å². The number of piperidine rings is 1. The number of likely N-dealkylation sites (tertiary alicyclic amines) is 1. The molecule has 0 unspecified atom stereocenters. The van der Waals surface area contributed by atoms with Crippen molar-refractivity contribution in [2.24, 2.45) is 0 Å². The van der Waals surface area contributed by atoms with E-state index in [1.54, 1.807) is 0 Å². The van der Waals surface area contributed by atoms with Crippen LogP contribution in [-0.4, -0.2) is 29.7 Å². The van der Waals surface area contributed by atoms with E-state index < -0.39 is 5.60 Å². The zero-order valence-corrected chi connectivity index (χ0v) is 22.5. The molecule has 0 saturated carbocycles. The van der Waals surface area contributed by atoms with E-state index in [-0.39, 0.29) is 11.5 Å². The first-order chi connectivity index (χ1) is 18.4. The largest absolute Gasteiger partial charge is 0.444 e. The summed E-state index contributed by atoms with van der Waals surface area (Å²) < 4.78 is 5.55. The third-order valence-corrected chi connectivity index (χ3v) is 8.15. The highest BCUT2D eigenvalue weighted by molar-refractivity contribution is 5.81. The van der Waals surface area contributed by atoms with Crippen LogP contribution in [-0.2, 0) is 16.6 Å². The molecule has 4 aromatic rings. The summed E-state index contributed by atoms with van der Waals surface area (Å²) in [4.78, 5) is 14.3. The molecule has 3 heteroatoms. The average molecular weight is 502 g/mol. The molecular formula is C35H35NO2. The molecule has 4 aromatic carbocycles. The number of ether oxygens (including phenoxy) is 1. The van der Waals surface area contributed by atoms with Crippen molar-refractivity contribution >= 4 is 6.09 Å². The third-order valence-electron chi connectivity index (χ3n) is 8.15. The first-order valence-corrected chi connectivity index (χ1v) is 13.7. The minimum Gasteiger partial charge on any atom is -0.444 e. The van der Waals surface area contributed by atoms with Crippen LogP contribution < -0.4 is 0 Å². The van der Waals surface area contributed by atoms with Gasteiger partial charge >= 0.3 is 6.09 Å². The van der Waals surface area contributed by atoms with Crippen molar-refractivity contribution in [1.29, 1.82) is 0 Å². The summed E-state index contributed by atoms with van der Waals surface area (Å²) in [6.07, 6.45) is 2.80. The maximum atomic E-state index is 12.4. The molecule has 1 heterocycles. The summed E-state index contributed by atoms with van der Waals surface area (Å²) in [5, 5.41) is 0. The Kier molecular flexibility index (Phi) is 6.10. The number of amides is 1. The molecule has 1 aliphatic heterocycles.